The van der Waals surface area contributed by atoms with Gasteiger partial charge in [0, 0.05) is 5.56 Å². The van der Waals surface area contributed by atoms with Gasteiger partial charge >= 0.3 is 5.97 Å². The third-order valence-electron chi connectivity index (χ3n) is 5.43. The summed E-state index contributed by atoms with van der Waals surface area (Å²) in [6.07, 6.45) is 3.49. The number of rotatable bonds is 8. The minimum atomic E-state index is -3.87. The lowest BCUT2D eigenvalue weighted by atomic mass is 10.0. The molecule has 0 saturated carbocycles. The van der Waals surface area contributed by atoms with Crippen molar-refractivity contribution in [2.45, 2.75) is 43.7 Å². The molecule has 1 aromatic heterocycles. The smallest absolute Gasteiger partial charge is 0.338 e. The zero-order valence-electron chi connectivity index (χ0n) is 17.5. The number of furan rings is 1. The molecule has 1 atom stereocenters. The number of aryl methyl sites for hydroxylation is 2. The second-order valence-corrected chi connectivity index (χ2v) is 9.45. The predicted molar refractivity (Wildman–Crippen MR) is 117 cm³/mol. The van der Waals surface area contributed by atoms with E-state index in [2.05, 4.69) is 4.72 Å². The molecule has 1 heterocycles. The van der Waals surface area contributed by atoms with Gasteiger partial charge in [-0.1, -0.05) is 18.2 Å². The van der Waals surface area contributed by atoms with Gasteiger partial charge in [0.25, 0.3) is 0 Å². The average molecular weight is 454 g/mol. The van der Waals surface area contributed by atoms with Gasteiger partial charge in [-0.15, -0.1) is 0 Å². The molecular weight excluding hydrogens is 430 g/mol. The number of hydrogen-bond acceptors (Lipinski definition) is 6. The summed E-state index contributed by atoms with van der Waals surface area (Å²) in [5.74, 6) is -0.602. The van der Waals surface area contributed by atoms with Crippen LogP contribution in [0.15, 0.2) is 70.2 Å². The van der Waals surface area contributed by atoms with Crippen LogP contribution in [0.2, 0.25) is 0 Å². The van der Waals surface area contributed by atoms with Crippen LogP contribution in [0.4, 0.5) is 0 Å². The van der Waals surface area contributed by atoms with Gasteiger partial charge in [-0.2, -0.15) is 0 Å². The predicted octanol–water partition coefficient (Wildman–Crippen LogP) is 3.68. The zero-order chi connectivity index (χ0) is 22.7. The van der Waals surface area contributed by atoms with Crippen LogP contribution in [0, 0.1) is 0 Å². The first-order valence-corrected chi connectivity index (χ1v) is 11.8. The van der Waals surface area contributed by atoms with Crippen LogP contribution in [-0.2, 0) is 34.1 Å². The highest BCUT2D eigenvalue weighted by atomic mass is 32.2. The third-order valence-corrected chi connectivity index (χ3v) is 6.83. The number of esters is 1. The van der Waals surface area contributed by atoms with Gasteiger partial charge in [0.05, 0.1) is 23.3 Å². The van der Waals surface area contributed by atoms with Crippen molar-refractivity contribution < 1.29 is 27.2 Å². The van der Waals surface area contributed by atoms with Crippen molar-refractivity contribution >= 4 is 21.8 Å². The Hall–Kier alpha value is -3.23. The summed E-state index contributed by atoms with van der Waals surface area (Å²) in [7, 11) is -3.87. The largest absolute Gasteiger partial charge is 0.468 e. The summed E-state index contributed by atoms with van der Waals surface area (Å²) in [6.45, 7) is 1.50. The van der Waals surface area contributed by atoms with Gasteiger partial charge in [-0.25, -0.2) is 17.9 Å². The molecule has 2 aromatic carbocycles. The fraction of sp³-hybridized carbons (Fsp3) is 0.250. The van der Waals surface area contributed by atoms with Crippen molar-refractivity contribution in [3.05, 3.63) is 88.9 Å². The maximum atomic E-state index is 12.7. The minimum Gasteiger partial charge on any atom is -0.468 e. The van der Waals surface area contributed by atoms with Crippen molar-refractivity contribution in [2.75, 3.05) is 0 Å². The molecule has 8 heteroatoms. The molecule has 7 nitrogen and oxygen atoms in total. The number of carbonyl (C=O) groups excluding carboxylic acids is 2. The topological polar surface area (TPSA) is 103 Å². The van der Waals surface area contributed by atoms with E-state index in [0.29, 0.717) is 11.3 Å². The van der Waals surface area contributed by atoms with E-state index in [-0.39, 0.29) is 22.8 Å². The molecular formula is C24H23NO6S. The molecule has 1 aliphatic rings. The molecule has 0 bridgehead atoms. The Balaban J connectivity index is 1.43. The molecule has 1 N–H and O–H groups in total. The van der Waals surface area contributed by atoms with Gasteiger partial charge in [0.15, 0.2) is 6.10 Å². The lowest BCUT2D eigenvalue weighted by molar-refractivity contribution is 0.0318. The normalized spacial score (nSPS) is 14.0. The Morgan fingerprint density at radius 3 is 2.62 bits per heavy atom. The number of fused-ring (bicyclic) bond motifs is 1. The molecule has 0 spiro atoms. The first kappa shape index (κ1) is 22.0. The van der Waals surface area contributed by atoms with Gasteiger partial charge in [-0.05, 0) is 73.7 Å². The Labute approximate surface area is 186 Å². The molecule has 0 amide bonds. The molecule has 1 aliphatic carbocycles. The molecule has 0 aliphatic heterocycles. The highest BCUT2D eigenvalue weighted by Gasteiger charge is 2.23. The zero-order valence-corrected chi connectivity index (χ0v) is 18.4. The second-order valence-electron chi connectivity index (χ2n) is 7.68. The highest BCUT2D eigenvalue weighted by molar-refractivity contribution is 7.89. The average Bonchev–Trinajstić information content (AvgIpc) is 3.48. The molecule has 3 aromatic rings. The maximum absolute atomic E-state index is 12.7. The summed E-state index contributed by atoms with van der Waals surface area (Å²) in [5, 5.41) is 0. The fourth-order valence-electron chi connectivity index (χ4n) is 3.69. The summed E-state index contributed by atoms with van der Waals surface area (Å²) >= 11 is 0. The lowest BCUT2D eigenvalue weighted by Gasteiger charge is -2.14. The first-order valence-electron chi connectivity index (χ1n) is 10.3. The third kappa shape index (κ3) is 4.81. The Morgan fingerprint density at radius 2 is 1.84 bits per heavy atom. The molecule has 166 valence electrons. The number of ether oxygens (including phenoxy) is 1. The van der Waals surface area contributed by atoms with Crippen molar-refractivity contribution in [3.8, 4) is 0 Å². The lowest BCUT2D eigenvalue weighted by Crippen LogP contribution is -2.25. The Bertz CT molecular complexity index is 1250. The minimum absolute atomic E-state index is 0.0175. The number of Topliss-reactive ketones (excluding diaryl/α,β-unsaturated/α-hetero) is 1. The van der Waals surface area contributed by atoms with E-state index in [1.165, 1.54) is 43.0 Å². The maximum Gasteiger partial charge on any atom is 0.338 e. The van der Waals surface area contributed by atoms with Gasteiger partial charge < -0.3 is 9.15 Å². The first-order chi connectivity index (χ1) is 15.3. The van der Waals surface area contributed by atoms with E-state index < -0.39 is 22.1 Å². The van der Waals surface area contributed by atoms with E-state index in [0.717, 1.165) is 24.8 Å². The monoisotopic (exact) mass is 453 g/mol. The van der Waals surface area contributed by atoms with E-state index in [1.807, 2.05) is 12.1 Å². The van der Waals surface area contributed by atoms with Gasteiger partial charge in [-0.3, -0.25) is 4.79 Å². The Morgan fingerprint density at radius 1 is 1.03 bits per heavy atom. The van der Waals surface area contributed by atoms with Crippen molar-refractivity contribution in [3.63, 3.8) is 0 Å². The number of nitrogens with one attached hydrogen (secondary N) is 1. The standard InChI is InChI=1S/C24H23NO6S/c1-16(23(26)19-11-10-17-5-2-6-18(17)13-19)31-24(27)20-7-3-9-22(14-20)32(28,29)25-15-21-8-4-12-30-21/h3-4,7-14,16,25H,2,5-6,15H2,1H3/t16-/m1/s1. The second kappa shape index (κ2) is 9.10. The van der Waals surface area contributed by atoms with Crippen LogP contribution >= 0.6 is 0 Å². The number of ketones is 1. The summed E-state index contributed by atoms with van der Waals surface area (Å²) < 4.78 is 38.0. The van der Waals surface area contributed by atoms with Crippen LogP contribution in [-0.4, -0.2) is 26.3 Å². The highest BCUT2D eigenvalue weighted by Crippen LogP contribution is 2.24. The molecule has 32 heavy (non-hydrogen) atoms. The molecule has 0 unspecified atom stereocenters. The van der Waals surface area contributed by atoms with Crippen LogP contribution in [0.1, 0.15) is 50.9 Å². The fourth-order valence-corrected chi connectivity index (χ4v) is 4.73. The van der Waals surface area contributed by atoms with Crippen LogP contribution < -0.4 is 4.72 Å². The summed E-state index contributed by atoms with van der Waals surface area (Å²) in [5.41, 5.74) is 2.96. The van der Waals surface area contributed by atoms with Crippen molar-refractivity contribution in [1.82, 2.24) is 4.72 Å². The number of sulfonamides is 1. The number of hydrogen-bond donors (Lipinski definition) is 1. The molecule has 4 rings (SSSR count). The van der Waals surface area contributed by atoms with Gasteiger partial charge in [0.2, 0.25) is 15.8 Å². The van der Waals surface area contributed by atoms with Crippen LogP contribution in [0.5, 0.6) is 0 Å². The molecule has 0 radical (unpaired) electrons. The summed E-state index contributed by atoms with van der Waals surface area (Å²) in [4.78, 5) is 25.3. The quantitative estimate of drug-likeness (QED) is 0.412. The van der Waals surface area contributed by atoms with E-state index in [9.17, 15) is 18.0 Å². The van der Waals surface area contributed by atoms with E-state index >= 15 is 0 Å². The van der Waals surface area contributed by atoms with Crippen LogP contribution in [0.25, 0.3) is 0 Å². The number of carbonyl (C=O) groups is 2. The SMILES string of the molecule is C[C@@H](OC(=O)c1cccc(S(=O)(=O)NCc2ccco2)c1)C(=O)c1ccc2c(c1)CCC2. The van der Waals surface area contributed by atoms with Gasteiger partial charge in [0.1, 0.15) is 5.76 Å². The van der Waals surface area contributed by atoms with Crippen molar-refractivity contribution in [1.29, 1.82) is 0 Å². The summed E-state index contributed by atoms with van der Waals surface area (Å²) in [6, 6.07) is 14.4. The Kier molecular flexibility index (Phi) is 6.25. The number of benzene rings is 2. The van der Waals surface area contributed by atoms with E-state index in [4.69, 9.17) is 9.15 Å². The molecule has 0 saturated heterocycles. The van der Waals surface area contributed by atoms with E-state index in [1.54, 1.807) is 18.2 Å². The van der Waals surface area contributed by atoms with Crippen molar-refractivity contribution in [2.24, 2.45) is 0 Å². The van der Waals surface area contributed by atoms with Crippen LogP contribution in [0.3, 0.4) is 0 Å². The molecule has 0 fully saturated rings.